The van der Waals surface area contributed by atoms with Gasteiger partial charge >= 0.3 is 0 Å². The van der Waals surface area contributed by atoms with E-state index in [1.807, 2.05) is 0 Å². The first-order valence-electron chi connectivity index (χ1n) is 7.34. The summed E-state index contributed by atoms with van der Waals surface area (Å²) in [4.78, 5) is 11.6. The van der Waals surface area contributed by atoms with Crippen molar-refractivity contribution in [2.24, 2.45) is 5.92 Å². The van der Waals surface area contributed by atoms with Crippen LogP contribution in [0.1, 0.15) is 59.8 Å². The zero-order valence-corrected chi connectivity index (χ0v) is 14.0. The van der Waals surface area contributed by atoms with Crippen LogP contribution < -0.4 is 0 Å². The summed E-state index contributed by atoms with van der Waals surface area (Å²) in [7, 11) is -1.65. The molecule has 1 saturated carbocycles. The van der Waals surface area contributed by atoms with Crippen LogP contribution in [0.4, 0.5) is 0 Å². The van der Waals surface area contributed by atoms with Gasteiger partial charge in [0.15, 0.2) is 8.32 Å². The van der Waals surface area contributed by atoms with Crippen molar-refractivity contribution in [2.45, 2.75) is 84.0 Å². The average molecular weight is 270 g/mol. The molecule has 0 aromatic carbocycles. The molecule has 2 atom stereocenters. The molecule has 1 fully saturated rings. The molecule has 2 nitrogen and oxygen atoms in total. The minimum Gasteiger partial charge on any atom is -0.414 e. The molecule has 0 saturated heterocycles. The molecule has 0 radical (unpaired) electrons. The highest BCUT2D eigenvalue weighted by atomic mass is 28.4. The van der Waals surface area contributed by atoms with Gasteiger partial charge in [0.2, 0.25) is 0 Å². The zero-order chi connectivity index (χ0) is 14.0. The Labute approximate surface area is 114 Å². The van der Waals surface area contributed by atoms with Gasteiger partial charge in [0.05, 0.1) is 0 Å². The van der Waals surface area contributed by atoms with Gasteiger partial charge < -0.3 is 4.43 Å². The number of hydrogen-bond acceptors (Lipinski definition) is 2. The fraction of sp³-hybridized carbons (Fsp3) is 0.933. The Morgan fingerprint density at radius 2 is 2.00 bits per heavy atom. The Kier molecular flexibility index (Phi) is 5.19. The van der Waals surface area contributed by atoms with Crippen molar-refractivity contribution in [1.29, 1.82) is 0 Å². The minimum absolute atomic E-state index is 0.268. The lowest BCUT2D eigenvalue weighted by Crippen LogP contribution is -2.43. The third-order valence-corrected chi connectivity index (χ3v) is 9.26. The number of carbonyl (C=O) groups is 1. The summed E-state index contributed by atoms with van der Waals surface area (Å²) >= 11 is 0. The molecule has 0 aromatic heterocycles. The van der Waals surface area contributed by atoms with Crippen molar-refractivity contribution in [2.75, 3.05) is 0 Å². The molecular formula is C15H30O2Si. The Morgan fingerprint density at radius 3 is 2.44 bits per heavy atom. The lowest BCUT2D eigenvalue weighted by atomic mass is 9.99. The van der Waals surface area contributed by atoms with Crippen molar-refractivity contribution in [1.82, 2.24) is 0 Å². The van der Waals surface area contributed by atoms with E-state index < -0.39 is 8.32 Å². The van der Waals surface area contributed by atoms with Gasteiger partial charge in [0.25, 0.3) is 0 Å². The van der Waals surface area contributed by atoms with Crippen molar-refractivity contribution in [3.05, 3.63) is 0 Å². The summed E-state index contributed by atoms with van der Waals surface area (Å²) in [5, 5.41) is 0.268. The van der Waals surface area contributed by atoms with E-state index in [-0.39, 0.29) is 5.04 Å². The van der Waals surface area contributed by atoms with E-state index in [0.29, 0.717) is 17.8 Å². The molecule has 106 valence electrons. The average Bonchev–Trinajstić information content (AvgIpc) is 2.58. The van der Waals surface area contributed by atoms with Crippen molar-refractivity contribution < 1.29 is 9.22 Å². The first-order chi connectivity index (χ1) is 8.13. The molecule has 1 aliphatic rings. The van der Waals surface area contributed by atoms with Crippen LogP contribution in [0, 0.1) is 5.92 Å². The molecule has 0 spiro atoms. The van der Waals surface area contributed by atoms with Gasteiger partial charge in [-0.15, -0.1) is 0 Å². The van der Waals surface area contributed by atoms with Gasteiger partial charge in [-0.05, 0) is 50.7 Å². The Balaban J connectivity index is 2.37. The second kappa shape index (κ2) is 5.87. The highest BCUT2D eigenvalue weighted by molar-refractivity contribution is 6.74. The van der Waals surface area contributed by atoms with E-state index in [1.165, 1.54) is 0 Å². The number of ketones is 1. The SMILES string of the molecule is C[C@H](CC[C@H]1CCCC1=O)O[Si](C)(C)C(C)(C)C. The summed E-state index contributed by atoms with van der Waals surface area (Å²) < 4.78 is 6.32. The minimum atomic E-state index is -1.65. The van der Waals surface area contributed by atoms with Crippen molar-refractivity contribution in [3.63, 3.8) is 0 Å². The Bertz CT molecular complexity index is 291. The smallest absolute Gasteiger partial charge is 0.192 e. The van der Waals surface area contributed by atoms with Gasteiger partial charge in [-0.2, -0.15) is 0 Å². The quantitative estimate of drug-likeness (QED) is 0.685. The number of Topliss-reactive ketones (excluding diaryl/α,β-unsaturated/α-hetero) is 1. The van der Waals surface area contributed by atoms with Gasteiger partial charge in [-0.25, -0.2) is 0 Å². The van der Waals surface area contributed by atoms with Gasteiger partial charge in [0.1, 0.15) is 5.78 Å². The Hall–Kier alpha value is -0.153. The molecule has 0 unspecified atom stereocenters. The highest BCUT2D eigenvalue weighted by Crippen LogP contribution is 2.38. The molecule has 0 bridgehead atoms. The van der Waals surface area contributed by atoms with E-state index in [4.69, 9.17) is 4.43 Å². The lowest BCUT2D eigenvalue weighted by Gasteiger charge is -2.38. The van der Waals surface area contributed by atoms with Gasteiger partial charge in [0, 0.05) is 18.4 Å². The van der Waals surface area contributed by atoms with E-state index >= 15 is 0 Å². The first-order valence-corrected chi connectivity index (χ1v) is 10.2. The van der Waals surface area contributed by atoms with Crippen LogP contribution in [-0.4, -0.2) is 20.2 Å². The maximum Gasteiger partial charge on any atom is 0.192 e. The van der Waals surface area contributed by atoms with Gasteiger partial charge in [-0.3, -0.25) is 4.79 Å². The van der Waals surface area contributed by atoms with Gasteiger partial charge in [-0.1, -0.05) is 20.8 Å². The molecule has 1 rings (SSSR count). The molecule has 0 aliphatic heterocycles. The molecular weight excluding hydrogens is 240 g/mol. The van der Waals surface area contributed by atoms with E-state index in [2.05, 4.69) is 40.8 Å². The highest BCUT2D eigenvalue weighted by Gasteiger charge is 2.38. The van der Waals surface area contributed by atoms with Crippen LogP contribution in [0.15, 0.2) is 0 Å². The van der Waals surface area contributed by atoms with Crippen molar-refractivity contribution >= 4 is 14.1 Å². The molecule has 0 N–H and O–H groups in total. The fourth-order valence-electron chi connectivity index (χ4n) is 2.37. The maximum absolute atomic E-state index is 11.6. The Morgan fingerprint density at radius 1 is 1.39 bits per heavy atom. The number of rotatable bonds is 5. The maximum atomic E-state index is 11.6. The van der Waals surface area contributed by atoms with Crippen LogP contribution in [0.25, 0.3) is 0 Å². The van der Waals surface area contributed by atoms with E-state index in [9.17, 15) is 4.79 Å². The predicted octanol–water partition coefficient (Wildman–Crippen LogP) is 4.55. The summed E-state index contributed by atoms with van der Waals surface area (Å²) in [6.07, 6.45) is 5.35. The van der Waals surface area contributed by atoms with Crippen LogP contribution in [-0.2, 0) is 9.22 Å². The molecule has 0 amide bonds. The summed E-state index contributed by atoms with van der Waals surface area (Å²) in [6.45, 7) is 13.6. The van der Waals surface area contributed by atoms with Crippen molar-refractivity contribution in [3.8, 4) is 0 Å². The fourth-order valence-corrected chi connectivity index (χ4v) is 3.85. The predicted molar refractivity (Wildman–Crippen MR) is 79.3 cm³/mol. The summed E-state index contributed by atoms with van der Waals surface area (Å²) in [6, 6.07) is 0. The third-order valence-electron chi connectivity index (χ3n) is 4.65. The second-order valence-electron chi connectivity index (χ2n) is 7.32. The first kappa shape index (κ1) is 15.9. The van der Waals surface area contributed by atoms with E-state index in [1.54, 1.807) is 0 Å². The van der Waals surface area contributed by atoms with Crippen LogP contribution in [0.3, 0.4) is 0 Å². The molecule has 0 heterocycles. The topological polar surface area (TPSA) is 26.3 Å². The standard InChI is InChI=1S/C15H30O2Si/c1-12(17-18(5,6)15(2,3)4)10-11-13-8-7-9-14(13)16/h12-13H,7-11H2,1-6H3/t12-,13-/m1/s1. The zero-order valence-electron chi connectivity index (χ0n) is 13.0. The van der Waals surface area contributed by atoms with Crippen LogP contribution in [0.2, 0.25) is 18.1 Å². The summed E-state index contributed by atoms with van der Waals surface area (Å²) in [5.41, 5.74) is 0. The van der Waals surface area contributed by atoms with Crippen LogP contribution >= 0.6 is 0 Å². The number of carbonyl (C=O) groups excluding carboxylic acids is 1. The molecule has 0 aromatic rings. The molecule has 18 heavy (non-hydrogen) atoms. The molecule has 1 aliphatic carbocycles. The normalized spacial score (nSPS) is 23.4. The monoisotopic (exact) mass is 270 g/mol. The molecule has 3 heteroatoms. The summed E-state index contributed by atoms with van der Waals surface area (Å²) in [5.74, 6) is 0.810. The largest absolute Gasteiger partial charge is 0.414 e. The van der Waals surface area contributed by atoms with E-state index in [0.717, 1.165) is 32.1 Å². The third kappa shape index (κ3) is 4.20. The second-order valence-corrected chi connectivity index (χ2v) is 12.1. The lowest BCUT2D eigenvalue weighted by molar-refractivity contribution is -0.120. The number of hydrogen-bond donors (Lipinski definition) is 0. The van der Waals surface area contributed by atoms with Crippen LogP contribution in [0.5, 0.6) is 0 Å².